The fraction of sp³-hybridized carbons (Fsp3) is 0.576. The molecule has 4 unspecified atom stereocenters. The van der Waals surface area contributed by atoms with Gasteiger partial charge < -0.3 is 25.4 Å². The number of fused-ring (bicyclic) bond motifs is 4. The number of halogens is 3. The predicted octanol–water partition coefficient (Wildman–Crippen LogP) is 4.67. The first-order valence-electron chi connectivity index (χ1n) is 16.2. The molecule has 4 atom stereocenters. The van der Waals surface area contributed by atoms with Crippen molar-refractivity contribution in [1.29, 1.82) is 5.26 Å². The van der Waals surface area contributed by atoms with Crippen molar-refractivity contribution in [2.45, 2.75) is 61.4 Å². The Morgan fingerprint density at radius 1 is 1.19 bits per heavy atom. The Labute approximate surface area is 275 Å². The average molecular weight is 667 g/mol. The van der Waals surface area contributed by atoms with Crippen molar-refractivity contribution in [3.05, 3.63) is 46.0 Å². The standard InChI is InChI=1S/C33H37F3N8O2S/c1-43(2)33(4-3-5-33)14-40-30-21-11-39-26(19-9-22(34)24(35)28-23(19)20(10-37)29(38)47-28)25(36)27(21)41-31(42-30)46-16-32(6-7-32)15-44-17-8-18(44)13-45-12-17/h9,11,17-18,23,28H,3-8,12-16,38H2,1-2H3,(H,40,41,42). The van der Waals surface area contributed by atoms with Crippen molar-refractivity contribution in [1.82, 2.24) is 24.8 Å². The minimum Gasteiger partial charge on any atom is -0.463 e. The summed E-state index contributed by atoms with van der Waals surface area (Å²) in [6.45, 7) is 3.42. The highest BCUT2D eigenvalue weighted by Crippen LogP contribution is 2.53. The largest absolute Gasteiger partial charge is 0.463 e. The molecule has 2 saturated heterocycles. The molecule has 2 aromatic rings. The van der Waals surface area contributed by atoms with Gasteiger partial charge in [0.15, 0.2) is 11.6 Å². The van der Waals surface area contributed by atoms with Crippen LogP contribution in [0.15, 0.2) is 34.5 Å². The quantitative estimate of drug-likeness (QED) is 0.368. The highest BCUT2D eigenvalue weighted by atomic mass is 32.2. The van der Waals surface area contributed by atoms with E-state index in [0.717, 1.165) is 69.7 Å². The van der Waals surface area contributed by atoms with E-state index in [1.165, 1.54) is 12.6 Å². The van der Waals surface area contributed by atoms with Gasteiger partial charge in [-0.3, -0.25) is 9.88 Å². The van der Waals surface area contributed by atoms with Gasteiger partial charge in [0.1, 0.15) is 22.9 Å². The zero-order valence-corrected chi connectivity index (χ0v) is 27.2. The number of morpholine rings is 1. The summed E-state index contributed by atoms with van der Waals surface area (Å²) in [5.41, 5.74) is 5.78. The van der Waals surface area contributed by atoms with Crippen LogP contribution in [0.1, 0.15) is 44.2 Å². The molecule has 0 radical (unpaired) electrons. The molecule has 248 valence electrons. The highest BCUT2D eigenvalue weighted by Gasteiger charge is 2.52. The van der Waals surface area contributed by atoms with Crippen LogP contribution in [0.2, 0.25) is 0 Å². The molecule has 0 spiro atoms. The Bertz CT molecular complexity index is 1770. The van der Waals surface area contributed by atoms with Gasteiger partial charge in [-0.2, -0.15) is 15.2 Å². The van der Waals surface area contributed by atoms with Crippen LogP contribution in [-0.4, -0.2) is 94.6 Å². The number of nitrogens with one attached hydrogen (secondary N) is 1. The summed E-state index contributed by atoms with van der Waals surface area (Å²) in [6.07, 6.45) is 8.74. The van der Waals surface area contributed by atoms with Crippen molar-refractivity contribution in [2.24, 2.45) is 17.1 Å². The van der Waals surface area contributed by atoms with E-state index in [4.69, 9.17) is 20.2 Å². The van der Waals surface area contributed by atoms with Gasteiger partial charge in [-0.1, -0.05) is 11.8 Å². The second kappa shape index (κ2) is 11.4. The minimum atomic E-state index is -1.14. The highest BCUT2D eigenvalue weighted by molar-refractivity contribution is 8.04. The number of allylic oxidation sites excluding steroid dienone is 4. The number of aromatic nitrogens is 3. The van der Waals surface area contributed by atoms with Crippen molar-refractivity contribution in [2.75, 3.05) is 52.3 Å². The van der Waals surface area contributed by atoms with E-state index in [1.807, 2.05) is 20.2 Å². The maximum Gasteiger partial charge on any atom is 0.319 e. The predicted molar refractivity (Wildman–Crippen MR) is 172 cm³/mol. The van der Waals surface area contributed by atoms with Gasteiger partial charge in [0, 0.05) is 48.2 Å². The molecular weight excluding hydrogens is 629 g/mol. The molecule has 0 aromatic carbocycles. The third kappa shape index (κ3) is 5.08. The lowest BCUT2D eigenvalue weighted by molar-refractivity contribution is -0.135. The van der Waals surface area contributed by atoms with Crippen LogP contribution in [0.25, 0.3) is 16.5 Å². The summed E-state index contributed by atoms with van der Waals surface area (Å²) in [7, 11) is 4.10. The van der Waals surface area contributed by atoms with Gasteiger partial charge in [0.2, 0.25) is 0 Å². The Morgan fingerprint density at radius 2 is 1.96 bits per heavy atom. The molecule has 14 heteroatoms. The summed E-state index contributed by atoms with van der Waals surface area (Å²) in [5.74, 6) is -3.60. The van der Waals surface area contributed by atoms with Crippen LogP contribution < -0.4 is 15.8 Å². The average Bonchev–Trinajstić information content (AvgIpc) is 3.73. The lowest BCUT2D eigenvalue weighted by Gasteiger charge is -2.53. The second-order valence-electron chi connectivity index (χ2n) is 14.1. The van der Waals surface area contributed by atoms with Crippen LogP contribution in [-0.2, 0) is 4.74 Å². The molecular formula is C33H37F3N8O2S. The lowest BCUT2D eigenvalue weighted by atomic mass is 9.75. The lowest BCUT2D eigenvalue weighted by Crippen LogP contribution is -2.65. The Kier molecular flexibility index (Phi) is 7.47. The molecule has 10 nitrogen and oxygen atoms in total. The fourth-order valence-electron chi connectivity index (χ4n) is 7.71. The molecule has 2 saturated carbocycles. The van der Waals surface area contributed by atoms with E-state index >= 15 is 4.39 Å². The monoisotopic (exact) mass is 666 g/mol. The first-order valence-corrected chi connectivity index (χ1v) is 17.1. The first-order chi connectivity index (χ1) is 22.6. The van der Waals surface area contributed by atoms with Gasteiger partial charge >= 0.3 is 6.01 Å². The zero-order valence-electron chi connectivity index (χ0n) is 26.4. The number of nitrogens with two attached hydrogens (primary N) is 1. The number of rotatable bonds is 10. The van der Waals surface area contributed by atoms with Gasteiger partial charge in [0.05, 0.1) is 47.1 Å². The summed E-state index contributed by atoms with van der Waals surface area (Å²) in [6, 6.07) is 2.96. The van der Waals surface area contributed by atoms with Crippen molar-refractivity contribution in [3.63, 3.8) is 0 Å². The SMILES string of the molecule is CN(C)C1(CNc2nc(OCC3(CN4C5COCC4C5)CC3)nc3c(F)c(C4=CC(F)=C(F)C5SC(N)=C(C#N)C45)ncc23)CCC1. The molecule has 3 aliphatic heterocycles. The van der Waals surface area contributed by atoms with E-state index in [9.17, 15) is 14.0 Å². The van der Waals surface area contributed by atoms with E-state index in [2.05, 4.69) is 25.1 Å². The van der Waals surface area contributed by atoms with E-state index in [-0.39, 0.29) is 44.4 Å². The Balaban J connectivity index is 1.14. The molecule has 2 bridgehead atoms. The maximum atomic E-state index is 16.7. The van der Waals surface area contributed by atoms with Gasteiger partial charge in [0.25, 0.3) is 0 Å². The smallest absolute Gasteiger partial charge is 0.319 e. The number of pyridine rings is 1. The number of likely N-dealkylation sites (N-methyl/N-ethyl adjacent to an activating group) is 1. The fourth-order valence-corrected chi connectivity index (χ4v) is 8.92. The normalized spacial score (nSPS) is 28.8. The van der Waals surface area contributed by atoms with Gasteiger partial charge in [-0.15, -0.1) is 0 Å². The summed E-state index contributed by atoms with van der Waals surface area (Å²) < 4.78 is 58.3. The first kappa shape index (κ1) is 30.9. The van der Waals surface area contributed by atoms with E-state index in [1.54, 1.807) is 0 Å². The molecule has 3 N–H and O–H groups in total. The summed E-state index contributed by atoms with van der Waals surface area (Å²) in [5, 5.41) is 12.6. The molecule has 3 aliphatic carbocycles. The van der Waals surface area contributed by atoms with Crippen molar-refractivity contribution >= 4 is 34.1 Å². The van der Waals surface area contributed by atoms with E-state index < -0.39 is 28.6 Å². The van der Waals surface area contributed by atoms with Crippen LogP contribution in [0.5, 0.6) is 6.01 Å². The molecule has 2 aromatic heterocycles. The molecule has 0 amide bonds. The van der Waals surface area contributed by atoms with Crippen LogP contribution >= 0.6 is 11.8 Å². The minimum absolute atomic E-state index is 0.0149. The third-order valence-electron chi connectivity index (χ3n) is 11.2. The number of nitriles is 1. The van der Waals surface area contributed by atoms with Crippen LogP contribution in [0.3, 0.4) is 0 Å². The van der Waals surface area contributed by atoms with E-state index in [0.29, 0.717) is 36.4 Å². The molecule has 4 fully saturated rings. The number of anilines is 1. The molecule has 5 heterocycles. The topological polar surface area (TPSA) is 125 Å². The third-order valence-corrected chi connectivity index (χ3v) is 12.4. The Hall–Kier alpha value is -3.38. The second-order valence-corrected chi connectivity index (χ2v) is 15.3. The maximum absolute atomic E-state index is 16.7. The number of hydrogen-bond acceptors (Lipinski definition) is 11. The van der Waals surface area contributed by atoms with Crippen molar-refractivity contribution < 1.29 is 22.6 Å². The van der Waals surface area contributed by atoms with Crippen molar-refractivity contribution in [3.8, 4) is 12.1 Å². The molecule has 6 aliphatic rings. The molecule has 47 heavy (non-hydrogen) atoms. The van der Waals surface area contributed by atoms with Gasteiger partial charge in [-0.05, 0) is 64.3 Å². The molecule has 8 rings (SSSR count). The number of hydrogen-bond donors (Lipinski definition) is 2. The van der Waals surface area contributed by atoms with Crippen LogP contribution in [0, 0.1) is 28.5 Å². The number of nitrogens with zero attached hydrogens (tertiary/aromatic N) is 6. The van der Waals surface area contributed by atoms with Crippen LogP contribution in [0.4, 0.5) is 19.0 Å². The number of ether oxygens (including phenoxy) is 2. The zero-order chi connectivity index (χ0) is 32.7. The number of thioether (sulfide) groups is 1. The summed E-state index contributed by atoms with van der Waals surface area (Å²) in [4.78, 5) is 18.4. The summed E-state index contributed by atoms with van der Waals surface area (Å²) >= 11 is 0.856. The van der Waals surface area contributed by atoms with Gasteiger partial charge in [-0.25, -0.2) is 13.2 Å². The Morgan fingerprint density at radius 3 is 2.60 bits per heavy atom.